The van der Waals surface area contributed by atoms with Gasteiger partial charge in [0.1, 0.15) is 5.82 Å². The third-order valence-corrected chi connectivity index (χ3v) is 3.01. The first kappa shape index (κ1) is 13.9. The summed E-state index contributed by atoms with van der Waals surface area (Å²) in [6.45, 7) is 0.204. The summed E-state index contributed by atoms with van der Waals surface area (Å²) in [4.78, 5) is 26.3. The van der Waals surface area contributed by atoms with E-state index in [0.29, 0.717) is 5.69 Å². The summed E-state index contributed by atoms with van der Waals surface area (Å²) in [5, 5.41) is 15.3. The van der Waals surface area contributed by atoms with Crippen LogP contribution >= 0.6 is 11.3 Å². The smallest absolute Gasteiger partial charge is 0.335 e. The van der Waals surface area contributed by atoms with Crippen molar-refractivity contribution in [1.82, 2.24) is 10.3 Å². The average molecular weight is 295 g/mol. The second-order valence-corrected chi connectivity index (χ2v) is 4.51. The van der Waals surface area contributed by atoms with Gasteiger partial charge in [0.2, 0.25) is 0 Å². The molecule has 0 atom stereocenters. The zero-order valence-electron chi connectivity index (χ0n) is 10.1. The lowest BCUT2D eigenvalue weighted by atomic mass is 10.2. The Balaban J connectivity index is 2.00. The Bertz CT molecular complexity index is 631. The Kier molecular flexibility index (Phi) is 4.26. The quantitative estimate of drug-likeness (QED) is 0.807. The molecular formula is C12H10FN3O3S. The summed E-state index contributed by atoms with van der Waals surface area (Å²) < 4.78 is 13.5. The number of carboxylic acid groups (broad SMARTS) is 1. The highest BCUT2D eigenvalue weighted by molar-refractivity contribution is 7.07. The number of carboxylic acids is 1. The maximum Gasteiger partial charge on any atom is 0.335 e. The van der Waals surface area contributed by atoms with Crippen molar-refractivity contribution in [3.8, 4) is 0 Å². The summed E-state index contributed by atoms with van der Waals surface area (Å²) in [6, 6.07) is 2.52. The number of carbonyl (C=O) groups is 2. The van der Waals surface area contributed by atoms with Crippen LogP contribution in [0.4, 0.5) is 14.9 Å². The molecule has 20 heavy (non-hydrogen) atoms. The van der Waals surface area contributed by atoms with Gasteiger partial charge in [-0.15, -0.1) is 11.3 Å². The van der Waals surface area contributed by atoms with Gasteiger partial charge in [-0.25, -0.2) is 19.0 Å². The lowest BCUT2D eigenvalue weighted by Gasteiger charge is -2.08. The van der Waals surface area contributed by atoms with E-state index in [4.69, 9.17) is 5.11 Å². The highest BCUT2D eigenvalue weighted by Gasteiger charge is 2.11. The number of carbonyl (C=O) groups excluding carboxylic acids is 1. The molecule has 6 nitrogen and oxygen atoms in total. The van der Waals surface area contributed by atoms with E-state index >= 15 is 0 Å². The summed E-state index contributed by atoms with van der Waals surface area (Å²) in [5.41, 5.74) is 2.01. The van der Waals surface area contributed by atoms with Gasteiger partial charge < -0.3 is 15.7 Å². The van der Waals surface area contributed by atoms with E-state index in [1.807, 2.05) is 0 Å². The fourth-order valence-electron chi connectivity index (χ4n) is 1.42. The molecule has 2 amide bonds. The van der Waals surface area contributed by atoms with Gasteiger partial charge in [-0.2, -0.15) is 0 Å². The molecule has 1 aromatic carbocycles. The van der Waals surface area contributed by atoms with E-state index in [-0.39, 0.29) is 17.8 Å². The molecule has 0 unspecified atom stereocenters. The highest BCUT2D eigenvalue weighted by atomic mass is 32.1. The van der Waals surface area contributed by atoms with Crippen LogP contribution in [0.3, 0.4) is 0 Å². The van der Waals surface area contributed by atoms with E-state index in [1.165, 1.54) is 11.3 Å². The van der Waals surface area contributed by atoms with E-state index in [9.17, 15) is 14.0 Å². The number of benzene rings is 1. The first-order valence-electron chi connectivity index (χ1n) is 5.51. The molecule has 0 saturated carbocycles. The van der Waals surface area contributed by atoms with E-state index < -0.39 is 17.8 Å². The Morgan fingerprint density at radius 2 is 2.20 bits per heavy atom. The van der Waals surface area contributed by atoms with Crippen LogP contribution in [0.2, 0.25) is 0 Å². The summed E-state index contributed by atoms with van der Waals surface area (Å²) >= 11 is 1.39. The molecule has 0 radical (unpaired) electrons. The van der Waals surface area contributed by atoms with Crippen LogP contribution in [0, 0.1) is 5.82 Å². The van der Waals surface area contributed by atoms with Crippen LogP contribution < -0.4 is 10.6 Å². The zero-order valence-corrected chi connectivity index (χ0v) is 10.9. The van der Waals surface area contributed by atoms with Gasteiger partial charge in [-0.05, 0) is 18.2 Å². The van der Waals surface area contributed by atoms with E-state index in [2.05, 4.69) is 15.6 Å². The second kappa shape index (κ2) is 6.11. The molecule has 2 aromatic rings. The number of nitrogens with zero attached hydrogens (tertiary/aromatic N) is 1. The summed E-state index contributed by atoms with van der Waals surface area (Å²) in [5.74, 6) is -1.91. The molecule has 104 valence electrons. The molecule has 0 saturated heterocycles. The second-order valence-electron chi connectivity index (χ2n) is 3.79. The number of hydrogen-bond acceptors (Lipinski definition) is 4. The minimum atomic E-state index is -1.20. The van der Waals surface area contributed by atoms with Crippen molar-refractivity contribution in [2.45, 2.75) is 6.54 Å². The maximum absolute atomic E-state index is 13.5. The van der Waals surface area contributed by atoms with Crippen molar-refractivity contribution in [2.75, 3.05) is 5.32 Å². The van der Waals surface area contributed by atoms with Crippen LogP contribution in [0.1, 0.15) is 16.1 Å². The number of amides is 2. The van der Waals surface area contributed by atoms with Crippen molar-refractivity contribution >= 4 is 29.0 Å². The number of thiazole rings is 1. The van der Waals surface area contributed by atoms with E-state index in [1.54, 1.807) is 10.9 Å². The fraction of sp³-hybridized carbons (Fsp3) is 0.0833. The van der Waals surface area contributed by atoms with Gasteiger partial charge in [0.05, 0.1) is 29.0 Å². The van der Waals surface area contributed by atoms with Gasteiger partial charge in [-0.3, -0.25) is 0 Å². The molecule has 0 spiro atoms. The minimum absolute atomic E-state index is 0.110. The molecule has 0 aliphatic rings. The Hall–Kier alpha value is -2.48. The predicted molar refractivity (Wildman–Crippen MR) is 71.3 cm³/mol. The summed E-state index contributed by atoms with van der Waals surface area (Å²) in [6.07, 6.45) is 0. The molecule has 1 aromatic heterocycles. The Labute approximate surface area is 117 Å². The molecule has 0 aliphatic carbocycles. The highest BCUT2D eigenvalue weighted by Crippen LogP contribution is 2.16. The number of aromatic nitrogens is 1. The Morgan fingerprint density at radius 1 is 1.40 bits per heavy atom. The van der Waals surface area contributed by atoms with Crippen LogP contribution in [0.25, 0.3) is 0 Å². The lowest BCUT2D eigenvalue weighted by Crippen LogP contribution is -2.28. The third-order valence-electron chi connectivity index (χ3n) is 2.38. The topological polar surface area (TPSA) is 91.3 Å². The Morgan fingerprint density at radius 3 is 2.85 bits per heavy atom. The van der Waals surface area contributed by atoms with Crippen molar-refractivity contribution in [3.05, 3.63) is 46.2 Å². The number of rotatable bonds is 4. The molecule has 3 N–H and O–H groups in total. The van der Waals surface area contributed by atoms with Crippen molar-refractivity contribution in [3.63, 3.8) is 0 Å². The van der Waals surface area contributed by atoms with Gasteiger partial charge in [0.25, 0.3) is 0 Å². The zero-order chi connectivity index (χ0) is 14.5. The van der Waals surface area contributed by atoms with Gasteiger partial charge in [0, 0.05) is 5.38 Å². The standard InChI is InChI=1S/C12H10FN3O3S/c13-9-2-1-7(11(17)18)3-10(9)16-12(19)14-4-8-5-20-6-15-8/h1-3,5-6H,4H2,(H,17,18)(H2,14,16,19). The minimum Gasteiger partial charge on any atom is -0.478 e. The number of anilines is 1. The SMILES string of the molecule is O=C(NCc1cscn1)Nc1cc(C(=O)O)ccc1F. The molecular weight excluding hydrogens is 285 g/mol. The number of urea groups is 1. The number of aromatic carboxylic acids is 1. The molecule has 0 bridgehead atoms. The molecule has 2 rings (SSSR count). The number of hydrogen-bond donors (Lipinski definition) is 3. The number of halogens is 1. The van der Waals surface area contributed by atoms with Gasteiger partial charge in [0.15, 0.2) is 0 Å². The summed E-state index contributed by atoms with van der Waals surface area (Å²) in [7, 11) is 0. The average Bonchev–Trinajstić information content (AvgIpc) is 2.92. The van der Waals surface area contributed by atoms with Crippen molar-refractivity contribution < 1.29 is 19.1 Å². The first-order valence-corrected chi connectivity index (χ1v) is 6.45. The largest absolute Gasteiger partial charge is 0.478 e. The molecule has 8 heteroatoms. The van der Waals surface area contributed by atoms with Crippen molar-refractivity contribution in [1.29, 1.82) is 0 Å². The van der Waals surface area contributed by atoms with Crippen LogP contribution in [-0.4, -0.2) is 22.1 Å². The van der Waals surface area contributed by atoms with Crippen LogP contribution in [-0.2, 0) is 6.54 Å². The van der Waals surface area contributed by atoms with Crippen LogP contribution in [0.5, 0.6) is 0 Å². The van der Waals surface area contributed by atoms with Gasteiger partial charge in [-0.1, -0.05) is 0 Å². The third kappa shape index (κ3) is 3.51. The molecule has 0 aliphatic heterocycles. The normalized spacial score (nSPS) is 10.1. The first-order chi connectivity index (χ1) is 9.56. The molecule has 1 heterocycles. The van der Waals surface area contributed by atoms with Crippen LogP contribution in [0.15, 0.2) is 29.1 Å². The van der Waals surface area contributed by atoms with Crippen molar-refractivity contribution in [2.24, 2.45) is 0 Å². The fourth-order valence-corrected chi connectivity index (χ4v) is 1.97. The maximum atomic E-state index is 13.5. The van der Waals surface area contributed by atoms with Gasteiger partial charge >= 0.3 is 12.0 Å². The molecule has 0 fully saturated rings. The predicted octanol–water partition coefficient (Wildman–Crippen LogP) is 2.30. The lowest BCUT2D eigenvalue weighted by molar-refractivity contribution is 0.0697. The monoisotopic (exact) mass is 295 g/mol. The van der Waals surface area contributed by atoms with E-state index in [0.717, 1.165) is 18.2 Å². The number of nitrogens with one attached hydrogen (secondary N) is 2.